The molecule has 0 atom stereocenters. The topological polar surface area (TPSA) is 55.5 Å². The Morgan fingerprint density at radius 3 is 3.09 bits per heavy atom. The van der Waals surface area contributed by atoms with E-state index in [9.17, 15) is 0 Å². The number of hydrogen-bond acceptors (Lipinski definition) is 5. The number of ether oxygens (including phenoxy) is 2. The average Bonchev–Trinajstić information content (AvgIpc) is 3.17. The van der Waals surface area contributed by atoms with Crippen LogP contribution in [0.1, 0.15) is 5.56 Å². The number of benzene rings is 1. The lowest BCUT2D eigenvalue weighted by molar-refractivity contribution is 0.291. The first-order valence-corrected chi connectivity index (χ1v) is 7.20. The van der Waals surface area contributed by atoms with Crippen molar-refractivity contribution in [3.8, 4) is 5.75 Å². The molecule has 0 aliphatic carbocycles. The molecule has 0 amide bonds. The van der Waals surface area contributed by atoms with Gasteiger partial charge < -0.3 is 9.47 Å². The molecule has 2 bridgehead atoms. The van der Waals surface area contributed by atoms with Gasteiger partial charge in [0, 0.05) is 41.5 Å². The van der Waals surface area contributed by atoms with Crippen LogP contribution in [0.25, 0.3) is 5.57 Å². The second-order valence-corrected chi connectivity index (χ2v) is 5.01. The molecule has 0 radical (unpaired) electrons. The minimum atomic E-state index is 0.373. The van der Waals surface area contributed by atoms with Crippen LogP contribution in [0, 0.1) is 0 Å². The predicted octanol–water partition coefficient (Wildman–Crippen LogP) is 3.59. The van der Waals surface area contributed by atoms with E-state index in [0.717, 1.165) is 33.9 Å². The van der Waals surface area contributed by atoms with Gasteiger partial charge >= 0.3 is 0 Å². The molecule has 0 saturated carbocycles. The van der Waals surface area contributed by atoms with Crippen molar-refractivity contribution < 1.29 is 9.47 Å². The third kappa shape index (κ3) is 2.76. The summed E-state index contributed by atoms with van der Waals surface area (Å²) in [7, 11) is 0. The van der Waals surface area contributed by atoms with Crippen LogP contribution in [0.2, 0.25) is 0 Å². The number of allylic oxidation sites excluding steroid dienone is 4. The van der Waals surface area contributed by atoms with Crippen molar-refractivity contribution in [2.45, 2.75) is 0 Å². The monoisotopic (exact) mass is 303 g/mol. The van der Waals surface area contributed by atoms with Crippen molar-refractivity contribution in [3.05, 3.63) is 66.4 Å². The second-order valence-electron chi connectivity index (χ2n) is 5.01. The van der Waals surface area contributed by atoms with E-state index in [2.05, 4.69) is 15.0 Å². The molecule has 4 rings (SSSR count). The summed E-state index contributed by atoms with van der Waals surface area (Å²) in [6.07, 6.45) is 14.0. The lowest BCUT2D eigenvalue weighted by Gasteiger charge is -2.04. The molecule has 23 heavy (non-hydrogen) atoms. The smallest absolute Gasteiger partial charge is 0.127 e. The van der Waals surface area contributed by atoms with Crippen LogP contribution in [0.5, 0.6) is 5.75 Å². The Balaban J connectivity index is 1.78. The molecular weight excluding hydrogens is 290 g/mol. The van der Waals surface area contributed by atoms with Crippen molar-refractivity contribution in [3.63, 3.8) is 0 Å². The Morgan fingerprint density at radius 2 is 2.09 bits per heavy atom. The Kier molecular flexibility index (Phi) is 3.44. The fraction of sp³-hybridized carbons (Fsp3) is 0.0556. The molecule has 3 heterocycles. The van der Waals surface area contributed by atoms with Gasteiger partial charge in [0.25, 0.3) is 0 Å². The van der Waals surface area contributed by atoms with Gasteiger partial charge in [0.1, 0.15) is 24.9 Å². The van der Waals surface area contributed by atoms with E-state index in [1.165, 1.54) is 12.5 Å². The van der Waals surface area contributed by atoms with Gasteiger partial charge in [-0.25, -0.2) is 0 Å². The number of fused-ring (bicyclic) bond motifs is 2. The van der Waals surface area contributed by atoms with E-state index in [4.69, 9.17) is 9.47 Å². The molecule has 5 nitrogen and oxygen atoms in total. The third-order valence-corrected chi connectivity index (χ3v) is 3.52. The maximum absolute atomic E-state index is 5.55. The van der Waals surface area contributed by atoms with Crippen molar-refractivity contribution >= 4 is 29.4 Å². The zero-order chi connectivity index (χ0) is 15.5. The average molecular weight is 303 g/mol. The summed E-state index contributed by atoms with van der Waals surface area (Å²) >= 11 is 0. The van der Waals surface area contributed by atoms with Gasteiger partial charge in [0.15, 0.2) is 0 Å². The summed E-state index contributed by atoms with van der Waals surface area (Å²) in [5, 5.41) is 0. The van der Waals surface area contributed by atoms with Crippen molar-refractivity contribution in [1.82, 2.24) is 0 Å². The van der Waals surface area contributed by atoms with Gasteiger partial charge in [-0.3, -0.25) is 15.0 Å². The minimum Gasteiger partial charge on any atom is -0.492 e. The highest BCUT2D eigenvalue weighted by Gasteiger charge is 2.15. The molecule has 0 saturated heterocycles. The summed E-state index contributed by atoms with van der Waals surface area (Å²) in [5.41, 5.74) is 4.75. The molecule has 112 valence electrons. The van der Waals surface area contributed by atoms with Crippen LogP contribution >= 0.6 is 0 Å². The highest BCUT2D eigenvalue weighted by Crippen LogP contribution is 2.35. The largest absolute Gasteiger partial charge is 0.492 e. The number of nitrogens with zero attached hydrogens (tertiary/aromatic N) is 3. The molecule has 0 unspecified atom stereocenters. The summed E-state index contributed by atoms with van der Waals surface area (Å²) in [6.45, 7) is 0.373. The van der Waals surface area contributed by atoms with Crippen molar-refractivity contribution in [2.24, 2.45) is 15.0 Å². The maximum atomic E-state index is 5.55. The van der Waals surface area contributed by atoms with E-state index in [0.29, 0.717) is 6.61 Å². The van der Waals surface area contributed by atoms with Gasteiger partial charge in [-0.15, -0.1) is 0 Å². The minimum absolute atomic E-state index is 0.373. The highest BCUT2D eigenvalue weighted by atomic mass is 16.5. The van der Waals surface area contributed by atoms with Crippen LogP contribution in [0.15, 0.2) is 75.8 Å². The quantitative estimate of drug-likeness (QED) is 0.735. The maximum Gasteiger partial charge on any atom is 0.127 e. The van der Waals surface area contributed by atoms with Crippen LogP contribution in [0.4, 0.5) is 5.69 Å². The Morgan fingerprint density at radius 1 is 1.09 bits per heavy atom. The molecule has 3 aliphatic heterocycles. The molecule has 0 aromatic heterocycles. The molecule has 3 aliphatic rings. The molecule has 1 aromatic carbocycles. The van der Waals surface area contributed by atoms with Crippen LogP contribution < -0.4 is 4.74 Å². The van der Waals surface area contributed by atoms with E-state index in [-0.39, 0.29) is 0 Å². The Hall–Kier alpha value is -3.21. The standard InChI is InChI=1S/C18H13N3O2/c1-2-17-16-10-15(1)23-8-7-22-6-5-19-11-13-3-4-20-18(13)9-14(16)12-21-17/h1-5,7-12H,6H2. The van der Waals surface area contributed by atoms with Crippen LogP contribution in [0.3, 0.4) is 0 Å². The van der Waals surface area contributed by atoms with Crippen LogP contribution in [-0.4, -0.2) is 24.7 Å². The van der Waals surface area contributed by atoms with E-state index < -0.39 is 0 Å². The first kappa shape index (κ1) is 13.5. The summed E-state index contributed by atoms with van der Waals surface area (Å²) in [6, 6.07) is 5.77. The lowest BCUT2D eigenvalue weighted by atomic mass is 10.0. The van der Waals surface area contributed by atoms with Gasteiger partial charge in [0.2, 0.25) is 0 Å². The van der Waals surface area contributed by atoms with Gasteiger partial charge in [-0.2, -0.15) is 0 Å². The van der Waals surface area contributed by atoms with Gasteiger partial charge in [-0.05, 0) is 30.4 Å². The van der Waals surface area contributed by atoms with Crippen molar-refractivity contribution in [1.29, 1.82) is 0 Å². The summed E-state index contributed by atoms with van der Waals surface area (Å²) in [4.78, 5) is 13.0. The fourth-order valence-electron chi connectivity index (χ4n) is 2.41. The zero-order valence-corrected chi connectivity index (χ0v) is 12.2. The molecule has 0 fully saturated rings. The SMILES string of the molecule is C1=CC2=CN=CCOC=COc3ccc4c(c3)C(=CC2=N1)C=N4. The first-order chi connectivity index (χ1) is 11.4. The summed E-state index contributed by atoms with van der Waals surface area (Å²) < 4.78 is 10.8. The number of rotatable bonds is 0. The highest BCUT2D eigenvalue weighted by molar-refractivity contribution is 6.26. The van der Waals surface area contributed by atoms with E-state index in [1.807, 2.05) is 36.6 Å². The Bertz CT molecular complexity index is 855. The normalized spacial score (nSPS) is 18.2. The van der Waals surface area contributed by atoms with Crippen LogP contribution in [-0.2, 0) is 4.74 Å². The zero-order valence-electron chi connectivity index (χ0n) is 12.2. The predicted molar refractivity (Wildman–Crippen MR) is 91.4 cm³/mol. The lowest BCUT2D eigenvalue weighted by Crippen LogP contribution is -1.95. The number of aliphatic imine (C=N–C) groups is 3. The van der Waals surface area contributed by atoms with Crippen molar-refractivity contribution in [2.75, 3.05) is 6.61 Å². The molecular formula is C18H13N3O2. The Labute approximate surface area is 133 Å². The summed E-state index contributed by atoms with van der Waals surface area (Å²) in [5.74, 6) is 0.728. The molecule has 0 spiro atoms. The molecule has 0 N–H and O–H groups in total. The van der Waals surface area contributed by atoms with E-state index in [1.54, 1.807) is 18.6 Å². The van der Waals surface area contributed by atoms with E-state index >= 15 is 0 Å². The third-order valence-electron chi connectivity index (χ3n) is 3.52. The van der Waals surface area contributed by atoms with Gasteiger partial charge in [0.05, 0.1) is 11.4 Å². The fourth-order valence-corrected chi connectivity index (χ4v) is 2.41. The van der Waals surface area contributed by atoms with Gasteiger partial charge in [-0.1, -0.05) is 0 Å². The first-order valence-electron chi connectivity index (χ1n) is 7.20. The number of hydrogen-bond donors (Lipinski definition) is 0. The molecule has 1 aromatic rings. The molecule has 5 heteroatoms. The second kappa shape index (κ2) is 5.88.